The van der Waals surface area contributed by atoms with Crippen LogP contribution in [0.25, 0.3) is 22.1 Å². The SMILES string of the molecule is O=S(CCn1[c-][n+](Cc2ccccc2)c2ccccc21)CCn1[c-][n+](Cc2ccccc2)c2ccccc21. The van der Waals surface area contributed by atoms with Crippen LogP contribution in [0.5, 0.6) is 0 Å². The van der Waals surface area contributed by atoms with Crippen molar-refractivity contribution in [2.45, 2.75) is 26.2 Å². The molecule has 5 nitrogen and oxygen atoms in total. The standard InChI is InChI=1S/C32H30N4OS/c37-38(21-19-33-25-35(23-27-11-3-1-4-12-27)31-17-9-7-15-29(31)33)22-20-34-26-36(24-28-13-5-2-6-14-28)32-18-10-8-16-30(32)34/h1-18H,19-24H2. The van der Waals surface area contributed by atoms with E-state index in [1.54, 1.807) is 0 Å². The predicted octanol–water partition coefficient (Wildman–Crippen LogP) is 4.32. The summed E-state index contributed by atoms with van der Waals surface area (Å²) < 4.78 is 21.6. The molecule has 0 saturated heterocycles. The summed E-state index contributed by atoms with van der Waals surface area (Å²) in [5.74, 6) is 1.17. The van der Waals surface area contributed by atoms with Crippen molar-refractivity contribution in [3.63, 3.8) is 0 Å². The van der Waals surface area contributed by atoms with Crippen LogP contribution in [0.4, 0.5) is 0 Å². The molecule has 0 N–H and O–H groups in total. The molecule has 0 radical (unpaired) electrons. The molecule has 6 aromatic rings. The summed E-state index contributed by atoms with van der Waals surface area (Å²) in [6.07, 6.45) is 7.00. The van der Waals surface area contributed by atoms with Gasteiger partial charge in [-0.05, 0) is 11.1 Å². The quantitative estimate of drug-likeness (QED) is 0.197. The van der Waals surface area contributed by atoms with Gasteiger partial charge in [0, 0.05) is 32.9 Å². The maximum absolute atomic E-state index is 13.1. The van der Waals surface area contributed by atoms with Crippen LogP contribution in [0.3, 0.4) is 0 Å². The Labute approximate surface area is 225 Å². The van der Waals surface area contributed by atoms with Crippen LogP contribution in [-0.4, -0.2) is 24.8 Å². The molecule has 0 amide bonds. The first-order valence-corrected chi connectivity index (χ1v) is 14.5. The van der Waals surface area contributed by atoms with Gasteiger partial charge in [0.25, 0.3) is 0 Å². The topological polar surface area (TPSA) is 34.7 Å². The lowest BCUT2D eigenvalue weighted by molar-refractivity contribution is -0.667. The van der Waals surface area contributed by atoms with Gasteiger partial charge in [0.1, 0.15) is 0 Å². The molecular weight excluding hydrogens is 488 g/mol. The summed E-state index contributed by atoms with van der Waals surface area (Å²) in [4.78, 5) is 0. The van der Waals surface area contributed by atoms with Crippen molar-refractivity contribution < 1.29 is 13.3 Å². The van der Waals surface area contributed by atoms with Gasteiger partial charge in [-0.15, -0.1) is 0 Å². The highest BCUT2D eigenvalue weighted by molar-refractivity contribution is 7.84. The average molecular weight is 519 g/mol. The fourth-order valence-electron chi connectivity index (χ4n) is 4.95. The number of imidazole rings is 2. The maximum atomic E-state index is 13.1. The second-order valence-corrected chi connectivity index (χ2v) is 11.2. The molecule has 0 atom stereocenters. The number of nitrogens with zero attached hydrogens (tertiary/aromatic N) is 4. The van der Waals surface area contributed by atoms with Gasteiger partial charge < -0.3 is 18.3 Å². The van der Waals surface area contributed by atoms with E-state index in [-0.39, 0.29) is 0 Å². The number of fused-ring (bicyclic) bond motifs is 2. The lowest BCUT2D eigenvalue weighted by Crippen LogP contribution is -2.33. The average Bonchev–Trinajstić information content (AvgIpc) is 3.50. The van der Waals surface area contributed by atoms with E-state index in [0.717, 1.165) is 35.2 Å². The summed E-state index contributed by atoms with van der Waals surface area (Å²) in [5, 5.41) is 0. The number of aryl methyl sites for hydroxylation is 2. The summed E-state index contributed by atoms with van der Waals surface area (Å²) in [6.45, 7) is 2.85. The normalized spacial score (nSPS) is 11.6. The molecule has 0 aliphatic heterocycles. The molecule has 0 aliphatic rings. The lowest BCUT2D eigenvalue weighted by Gasteiger charge is -2.06. The third kappa shape index (κ3) is 5.31. The third-order valence-corrected chi connectivity index (χ3v) is 8.14. The number of aromatic nitrogens is 4. The largest absolute Gasteiger partial charge is 0.343 e. The van der Waals surface area contributed by atoms with Crippen LogP contribution in [0, 0.1) is 12.7 Å². The molecule has 4 aromatic carbocycles. The van der Waals surface area contributed by atoms with Crippen molar-refractivity contribution in [1.29, 1.82) is 0 Å². The molecule has 0 bridgehead atoms. The zero-order valence-electron chi connectivity index (χ0n) is 21.2. The highest BCUT2D eigenvalue weighted by Gasteiger charge is 2.11. The lowest BCUT2D eigenvalue weighted by atomic mass is 10.2. The van der Waals surface area contributed by atoms with Gasteiger partial charge >= 0.3 is 0 Å². The smallest absolute Gasteiger partial charge is 0.205 e. The molecule has 0 aliphatic carbocycles. The van der Waals surface area contributed by atoms with Crippen LogP contribution < -0.4 is 9.13 Å². The zero-order chi connectivity index (χ0) is 25.7. The number of benzene rings is 4. The van der Waals surface area contributed by atoms with Crippen molar-refractivity contribution in [3.8, 4) is 0 Å². The zero-order valence-corrected chi connectivity index (χ0v) is 22.1. The summed E-state index contributed by atoms with van der Waals surface area (Å²) in [6, 6.07) is 37.5. The van der Waals surface area contributed by atoms with Crippen molar-refractivity contribution in [3.05, 3.63) is 133 Å². The molecule has 2 heterocycles. The first kappa shape index (κ1) is 24.3. The van der Waals surface area contributed by atoms with E-state index in [9.17, 15) is 4.21 Å². The van der Waals surface area contributed by atoms with Crippen molar-refractivity contribution in [2.75, 3.05) is 11.5 Å². The first-order chi connectivity index (χ1) is 18.7. The Hall–Kier alpha value is -4.03. The second kappa shape index (κ2) is 11.2. The molecule has 6 rings (SSSR count). The first-order valence-electron chi connectivity index (χ1n) is 13.0. The maximum Gasteiger partial charge on any atom is 0.205 e. The molecular formula is C32H30N4OS. The summed E-state index contributed by atoms with van der Waals surface area (Å²) in [7, 11) is -0.964. The Bertz CT molecular complexity index is 1560. The molecule has 6 heteroatoms. The van der Waals surface area contributed by atoms with Crippen molar-refractivity contribution in [2.24, 2.45) is 0 Å². The van der Waals surface area contributed by atoms with E-state index in [2.05, 4.69) is 116 Å². The van der Waals surface area contributed by atoms with Gasteiger partial charge in [0.15, 0.2) is 0 Å². The Balaban J connectivity index is 1.14. The van der Waals surface area contributed by atoms with E-state index in [0.29, 0.717) is 24.6 Å². The van der Waals surface area contributed by atoms with Crippen LogP contribution in [0.2, 0.25) is 0 Å². The number of hydrogen-bond acceptors (Lipinski definition) is 1. The minimum absolute atomic E-state index is 0.587. The fraction of sp³-hybridized carbons (Fsp3) is 0.188. The van der Waals surface area contributed by atoms with Crippen LogP contribution in [0.15, 0.2) is 109 Å². The molecule has 0 fully saturated rings. The number of rotatable bonds is 10. The third-order valence-electron chi connectivity index (χ3n) is 6.86. The Kier molecular flexibility index (Phi) is 7.14. The van der Waals surface area contributed by atoms with Gasteiger partial charge in [-0.3, -0.25) is 4.21 Å². The molecule has 38 heavy (non-hydrogen) atoms. The van der Waals surface area contributed by atoms with Crippen molar-refractivity contribution >= 4 is 32.9 Å². The highest BCUT2D eigenvalue weighted by Crippen LogP contribution is 2.13. The minimum atomic E-state index is -0.964. The molecule has 190 valence electrons. The highest BCUT2D eigenvalue weighted by atomic mass is 32.2. The van der Waals surface area contributed by atoms with Gasteiger partial charge in [-0.1, -0.05) is 109 Å². The van der Waals surface area contributed by atoms with Gasteiger partial charge in [-0.2, -0.15) is 0 Å². The van der Waals surface area contributed by atoms with Crippen LogP contribution in [-0.2, 0) is 37.0 Å². The van der Waals surface area contributed by atoms with Crippen LogP contribution >= 0.6 is 0 Å². The van der Waals surface area contributed by atoms with E-state index < -0.39 is 10.8 Å². The summed E-state index contributed by atoms with van der Waals surface area (Å²) in [5.41, 5.74) is 6.98. The van der Waals surface area contributed by atoms with Gasteiger partial charge in [0.05, 0.1) is 37.7 Å². The van der Waals surface area contributed by atoms with E-state index in [4.69, 9.17) is 0 Å². The summed E-state index contributed by atoms with van der Waals surface area (Å²) >= 11 is 0. The Morgan fingerprint density at radius 3 is 1.39 bits per heavy atom. The molecule has 0 saturated carbocycles. The van der Waals surface area contributed by atoms with E-state index >= 15 is 0 Å². The number of para-hydroxylation sites is 4. The Morgan fingerprint density at radius 2 is 0.947 bits per heavy atom. The molecule has 2 aromatic heterocycles. The molecule has 0 spiro atoms. The van der Waals surface area contributed by atoms with Gasteiger partial charge in [0.2, 0.25) is 12.7 Å². The van der Waals surface area contributed by atoms with Crippen LogP contribution in [0.1, 0.15) is 11.1 Å². The predicted molar refractivity (Wildman–Crippen MR) is 151 cm³/mol. The van der Waals surface area contributed by atoms with Gasteiger partial charge in [-0.25, -0.2) is 0 Å². The monoisotopic (exact) mass is 518 g/mol. The molecule has 0 unspecified atom stereocenters. The number of hydrogen-bond donors (Lipinski definition) is 0. The second-order valence-electron chi connectivity index (χ2n) is 9.47. The van der Waals surface area contributed by atoms with E-state index in [1.807, 2.05) is 24.3 Å². The fourth-order valence-corrected chi connectivity index (χ4v) is 5.93. The van der Waals surface area contributed by atoms with E-state index in [1.165, 1.54) is 11.1 Å². The van der Waals surface area contributed by atoms with Crippen molar-refractivity contribution in [1.82, 2.24) is 9.13 Å². The Morgan fingerprint density at radius 1 is 0.553 bits per heavy atom. The minimum Gasteiger partial charge on any atom is -0.343 e.